The van der Waals surface area contributed by atoms with Gasteiger partial charge in [0.2, 0.25) is 0 Å². The van der Waals surface area contributed by atoms with Gasteiger partial charge in [0.25, 0.3) is 0 Å². The first kappa shape index (κ1) is 12.6. The first-order valence-corrected chi connectivity index (χ1v) is 7.13. The van der Waals surface area contributed by atoms with E-state index in [1.54, 1.807) is 12.1 Å². The van der Waals surface area contributed by atoms with Gasteiger partial charge in [-0.15, -0.1) is 0 Å². The molecule has 4 nitrogen and oxygen atoms in total. The van der Waals surface area contributed by atoms with Crippen LogP contribution in [0.3, 0.4) is 0 Å². The number of benzene rings is 1. The Morgan fingerprint density at radius 3 is 2.89 bits per heavy atom. The van der Waals surface area contributed by atoms with Crippen molar-refractivity contribution in [3.8, 4) is 17.2 Å². The van der Waals surface area contributed by atoms with Gasteiger partial charge in [-0.1, -0.05) is 6.92 Å². The number of ether oxygens (including phenoxy) is 1. The van der Waals surface area contributed by atoms with Crippen LogP contribution in [0, 0.1) is 0 Å². The predicted molar refractivity (Wildman–Crippen MR) is 72.9 cm³/mol. The second kappa shape index (κ2) is 4.93. The Morgan fingerprint density at radius 2 is 2.11 bits per heavy atom. The summed E-state index contributed by atoms with van der Waals surface area (Å²) in [6, 6.07) is 3.63. The number of nitrogens with zero attached hydrogens (tertiary/aromatic N) is 1. The zero-order valence-corrected chi connectivity index (χ0v) is 11.3. The molecule has 0 bridgehead atoms. The molecule has 4 heteroatoms. The number of hydrogen-bond acceptors (Lipinski definition) is 4. The van der Waals surface area contributed by atoms with Crippen molar-refractivity contribution in [1.29, 1.82) is 0 Å². The average Bonchev–Trinajstić information content (AvgIpc) is 2.41. The average molecular weight is 263 g/mol. The van der Waals surface area contributed by atoms with Crippen molar-refractivity contribution in [3.05, 3.63) is 17.7 Å². The van der Waals surface area contributed by atoms with Crippen molar-refractivity contribution in [2.75, 3.05) is 19.7 Å². The summed E-state index contributed by atoms with van der Waals surface area (Å²) in [5.74, 6) is 1.000. The van der Waals surface area contributed by atoms with Crippen molar-refractivity contribution >= 4 is 0 Å². The van der Waals surface area contributed by atoms with E-state index in [1.165, 1.54) is 6.42 Å². The van der Waals surface area contributed by atoms with E-state index in [9.17, 15) is 10.2 Å². The van der Waals surface area contributed by atoms with Crippen LogP contribution in [0.5, 0.6) is 17.2 Å². The minimum Gasteiger partial charge on any atom is -0.504 e. The molecule has 0 spiro atoms. The summed E-state index contributed by atoms with van der Waals surface area (Å²) in [5.41, 5.74) is 1.05. The fourth-order valence-corrected chi connectivity index (χ4v) is 3.44. The number of fused-ring (bicyclic) bond motifs is 3. The lowest BCUT2D eigenvalue weighted by molar-refractivity contribution is 0.0656. The van der Waals surface area contributed by atoms with Gasteiger partial charge in [-0.25, -0.2) is 0 Å². The summed E-state index contributed by atoms with van der Waals surface area (Å²) in [5, 5.41) is 19.3. The molecule has 0 aliphatic carbocycles. The number of aromatic hydroxyl groups is 2. The van der Waals surface area contributed by atoms with Gasteiger partial charge in [0.1, 0.15) is 12.4 Å². The fraction of sp³-hybridized carbons (Fsp3) is 0.600. The molecule has 2 heterocycles. The molecule has 2 N–H and O–H groups in total. The van der Waals surface area contributed by atoms with Gasteiger partial charge in [-0.05, 0) is 38.4 Å². The van der Waals surface area contributed by atoms with Crippen molar-refractivity contribution < 1.29 is 14.9 Å². The summed E-state index contributed by atoms with van der Waals surface area (Å²) >= 11 is 0. The molecule has 1 aromatic rings. The molecule has 19 heavy (non-hydrogen) atoms. The zero-order valence-electron chi connectivity index (χ0n) is 11.3. The Hall–Kier alpha value is -1.42. The third-order valence-corrected chi connectivity index (χ3v) is 4.32. The lowest BCUT2D eigenvalue weighted by Gasteiger charge is -2.44. The number of phenolic OH excluding ortho intramolecular Hbond substituents is 2. The van der Waals surface area contributed by atoms with E-state index in [1.807, 2.05) is 0 Å². The molecular weight excluding hydrogens is 242 g/mol. The highest BCUT2D eigenvalue weighted by molar-refractivity contribution is 5.52. The van der Waals surface area contributed by atoms with Gasteiger partial charge in [-0.2, -0.15) is 0 Å². The monoisotopic (exact) mass is 263 g/mol. The van der Waals surface area contributed by atoms with E-state index in [0.29, 0.717) is 18.6 Å². The first-order chi connectivity index (χ1) is 9.20. The van der Waals surface area contributed by atoms with Crippen LogP contribution in [-0.2, 0) is 0 Å². The number of rotatable bonds is 2. The topological polar surface area (TPSA) is 52.9 Å². The zero-order chi connectivity index (χ0) is 13.4. The van der Waals surface area contributed by atoms with Crippen LogP contribution >= 0.6 is 0 Å². The maximum atomic E-state index is 9.72. The molecule has 0 saturated carbocycles. The molecule has 0 unspecified atom stereocenters. The molecule has 0 radical (unpaired) electrons. The third-order valence-electron chi connectivity index (χ3n) is 4.32. The molecule has 3 rings (SSSR count). The number of likely N-dealkylation sites (tertiary alicyclic amines) is 1. The molecule has 2 aliphatic rings. The Kier molecular flexibility index (Phi) is 3.27. The molecular formula is C15H21NO3. The Labute approximate surface area is 113 Å². The Balaban J connectivity index is 1.93. The highest BCUT2D eigenvalue weighted by Gasteiger charge is 2.37. The van der Waals surface area contributed by atoms with Gasteiger partial charge in [0.15, 0.2) is 11.5 Å². The summed E-state index contributed by atoms with van der Waals surface area (Å²) in [6.07, 6.45) is 3.46. The molecule has 1 aromatic carbocycles. The molecule has 0 amide bonds. The summed E-state index contributed by atoms with van der Waals surface area (Å²) in [6.45, 7) is 5.12. The normalized spacial score (nSPS) is 26.4. The molecule has 2 atom stereocenters. The highest BCUT2D eigenvalue weighted by Crippen LogP contribution is 2.45. The van der Waals surface area contributed by atoms with Crippen molar-refractivity contribution in [2.24, 2.45) is 0 Å². The van der Waals surface area contributed by atoms with Crippen LogP contribution < -0.4 is 4.74 Å². The van der Waals surface area contributed by atoms with Crippen LogP contribution in [-0.4, -0.2) is 40.9 Å². The van der Waals surface area contributed by atoms with Crippen LogP contribution in [0.15, 0.2) is 12.1 Å². The minimum absolute atomic E-state index is 0.0457. The summed E-state index contributed by atoms with van der Waals surface area (Å²) in [4.78, 5) is 2.50. The van der Waals surface area contributed by atoms with Gasteiger partial charge in [-0.3, -0.25) is 4.90 Å². The smallest absolute Gasteiger partial charge is 0.161 e. The maximum Gasteiger partial charge on any atom is 0.161 e. The predicted octanol–water partition coefficient (Wildman–Crippen LogP) is 2.45. The third kappa shape index (κ3) is 2.14. The Morgan fingerprint density at radius 1 is 1.32 bits per heavy atom. The van der Waals surface area contributed by atoms with E-state index in [0.717, 1.165) is 37.2 Å². The quantitative estimate of drug-likeness (QED) is 0.805. The second-order valence-electron chi connectivity index (χ2n) is 5.54. The standard InChI is InChI=1S/C15H21NO3/c1-2-5-16-6-3-4-10-11-7-13(17)14(18)8-15(11)19-9-12(10)16/h7-8,10,12,17-18H,2-6,9H2,1H3/t10-,12-/m1/s1. The van der Waals surface area contributed by atoms with Crippen LogP contribution in [0.1, 0.15) is 37.7 Å². The van der Waals surface area contributed by atoms with E-state index in [4.69, 9.17) is 4.74 Å². The SMILES string of the molecule is CCCN1CCC[C@@H]2c3cc(O)c(O)cc3OC[C@H]21. The van der Waals surface area contributed by atoms with Crippen molar-refractivity contribution in [1.82, 2.24) is 4.90 Å². The first-order valence-electron chi connectivity index (χ1n) is 7.13. The molecule has 1 fully saturated rings. The van der Waals surface area contributed by atoms with Gasteiger partial charge in [0.05, 0.1) is 6.04 Å². The molecule has 2 aliphatic heterocycles. The van der Waals surface area contributed by atoms with Crippen molar-refractivity contribution in [2.45, 2.75) is 38.1 Å². The van der Waals surface area contributed by atoms with E-state index in [-0.39, 0.29) is 11.5 Å². The maximum absolute atomic E-state index is 9.72. The van der Waals surface area contributed by atoms with Crippen LogP contribution in [0.2, 0.25) is 0 Å². The van der Waals surface area contributed by atoms with Gasteiger partial charge in [0, 0.05) is 17.5 Å². The molecule has 104 valence electrons. The van der Waals surface area contributed by atoms with Crippen LogP contribution in [0.25, 0.3) is 0 Å². The minimum atomic E-state index is -0.0987. The second-order valence-corrected chi connectivity index (χ2v) is 5.54. The largest absolute Gasteiger partial charge is 0.504 e. The van der Waals surface area contributed by atoms with Gasteiger partial charge < -0.3 is 14.9 Å². The van der Waals surface area contributed by atoms with E-state index >= 15 is 0 Å². The Bertz CT molecular complexity index is 473. The lowest BCUT2D eigenvalue weighted by atomic mass is 9.81. The highest BCUT2D eigenvalue weighted by atomic mass is 16.5. The number of piperidine rings is 1. The van der Waals surface area contributed by atoms with E-state index in [2.05, 4.69) is 11.8 Å². The fourth-order valence-electron chi connectivity index (χ4n) is 3.44. The van der Waals surface area contributed by atoms with E-state index < -0.39 is 0 Å². The summed E-state index contributed by atoms with van der Waals surface area (Å²) in [7, 11) is 0. The summed E-state index contributed by atoms with van der Waals surface area (Å²) < 4.78 is 5.79. The van der Waals surface area contributed by atoms with Crippen LogP contribution in [0.4, 0.5) is 0 Å². The molecule has 0 aromatic heterocycles. The lowest BCUT2D eigenvalue weighted by Crippen LogP contribution is -2.49. The number of hydrogen-bond donors (Lipinski definition) is 2. The molecule has 1 saturated heterocycles. The van der Waals surface area contributed by atoms with Crippen molar-refractivity contribution in [3.63, 3.8) is 0 Å². The van der Waals surface area contributed by atoms with Gasteiger partial charge >= 0.3 is 0 Å². The number of phenols is 2.